The first-order chi connectivity index (χ1) is 11.5. The Bertz CT molecular complexity index is 617. The average molecular weight is 332 g/mol. The molecule has 24 heavy (non-hydrogen) atoms. The van der Waals surface area contributed by atoms with Crippen molar-refractivity contribution in [3.63, 3.8) is 0 Å². The maximum atomic E-state index is 12.6. The van der Waals surface area contributed by atoms with E-state index >= 15 is 0 Å². The quantitative estimate of drug-likeness (QED) is 0.922. The maximum absolute atomic E-state index is 12.6. The second kappa shape index (κ2) is 6.95. The smallest absolute Gasteiger partial charge is 0.230 e. The summed E-state index contributed by atoms with van der Waals surface area (Å²) in [5.74, 6) is 0.514. The average Bonchev–Trinajstić information content (AvgIpc) is 3.11. The molecule has 6 nitrogen and oxygen atoms in total. The van der Waals surface area contributed by atoms with Gasteiger partial charge < -0.3 is 10.2 Å². The number of aromatic nitrogens is 2. The van der Waals surface area contributed by atoms with Gasteiger partial charge in [0.2, 0.25) is 11.8 Å². The molecule has 6 heteroatoms. The van der Waals surface area contributed by atoms with Crippen LogP contribution < -0.4 is 5.32 Å². The molecule has 0 unspecified atom stereocenters. The summed E-state index contributed by atoms with van der Waals surface area (Å²) in [6, 6.07) is 2.45. The summed E-state index contributed by atoms with van der Waals surface area (Å²) in [5, 5.41) is 7.63. The second-order valence-electron chi connectivity index (χ2n) is 7.44. The van der Waals surface area contributed by atoms with Gasteiger partial charge in [0.25, 0.3) is 0 Å². The van der Waals surface area contributed by atoms with Crippen LogP contribution in [0, 0.1) is 12.8 Å². The van der Waals surface area contributed by atoms with Crippen LogP contribution in [0.4, 0.5) is 5.82 Å². The predicted octanol–water partition coefficient (Wildman–Crippen LogP) is 2.89. The Morgan fingerprint density at radius 2 is 2.00 bits per heavy atom. The molecule has 1 aliphatic heterocycles. The molecule has 2 fully saturated rings. The molecule has 0 radical (unpaired) electrons. The number of aryl methyl sites for hydroxylation is 1. The molecule has 1 aliphatic carbocycles. The second-order valence-corrected chi connectivity index (χ2v) is 7.44. The van der Waals surface area contributed by atoms with Crippen molar-refractivity contribution in [2.24, 2.45) is 5.92 Å². The zero-order valence-electron chi connectivity index (χ0n) is 14.9. The summed E-state index contributed by atoms with van der Waals surface area (Å²) in [6.45, 7) is 6.44. The number of hydrogen-bond acceptors (Lipinski definition) is 3. The van der Waals surface area contributed by atoms with Crippen LogP contribution >= 0.6 is 0 Å². The lowest BCUT2D eigenvalue weighted by atomic mass is 9.96. The molecular weight excluding hydrogens is 304 g/mol. The number of carbonyl (C=O) groups is 2. The van der Waals surface area contributed by atoms with Crippen molar-refractivity contribution in [2.75, 3.05) is 11.9 Å². The summed E-state index contributed by atoms with van der Waals surface area (Å²) < 4.78 is 1.99. The number of likely N-dealkylation sites (tertiary alicyclic amines) is 1. The first-order valence-electron chi connectivity index (χ1n) is 9.12. The minimum absolute atomic E-state index is 0.0662. The number of rotatable bonds is 4. The molecule has 1 atom stereocenters. The van der Waals surface area contributed by atoms with E-state index in [0.717, 1.165) is 24.4 Å². The largest absolute Gasteiger partial charge is 0.339 e. The van der Waals surface area contributed by atoms with Gasteiger partial charge in [0.15, 0.2) is 0 Å². The fourth-order valence-corrected chi connectivity index (χ4v) is 3.85. The van der Waals surface area contributed by atoms with Gasteiger partial charge in [-0.1, -0.05) is 19.3 Å². The first kappa shape index (κ1) is 17.0. The predicted molar refractivity (Wildman–Crippen MR) is 92.7 cm³/mol. The summed E-state index contributed by atoms with van der Waals surface area (Å²) in [6.07, 6.45) is 6.27. The lowest BCUT2D eigenvalue weighted by molar-refractivity contribution is -0.129. The molecule has 0 bridgehead atoms. The van der Waals surface area contributed by atoms with Crippen LogP contribution in [0.1, 0.15) is 64.1 Å². The number of nitrogens with one attached hydrogen (secondary N) is 1. The summed E-state index contributed by atoms with van der Waals surface area (Å²) in [4.78, 5) is 26.5. The Morgan fingerprint density at radius 3 is 2.62 bits per heavy atom. The fourth-order valence-electron chi connectivity index (χ4n) is 3.85. The standard InChI is InChI=1S/C18H28N4O2/c1-12(2)21-11-14(10-17(21)23)18(24)19-16-9-13(3)20-22(16)15-7-5-4-6-8-15/h9,12,14-15H,4-8,10-11H2,1-3H3,(H,19,24)/t14-/m1/s1. The summed E-state index contributed by atoms with van der Waals surface area (Å²) in [7, 11) is 0. The molecular formula is C18H28N4O2. The minimum atomic E-state index is -0.269. The molecule has 1 aromatic heterocycles. The van der Waals surface area contributed by atoms with Crippen molar-refractivity contribution in [3.05, 3.63) is 11.8 Å². The highest BCUT2D eigenvalue weighted by Gasteiger charge is 2.36. The SMILES string of the molecule is Cc1cc(NC(=O)[C@@H]2CC(=O)N(C(C)C)C2)n(C2CCCCC2)n1. The Hall–Kier alpha value is -1.85. The Morgan fingerprint density at radius 1 is 1.29 bits per heavy atom. The highest BCUT2D eigenvalue weighted by molar-refractivity contribution is 5.96. The number of anilines is 1. The minimum Gasteiger partial charge on any atom is -0.339 e. The van der Waals surface area contributed by atoms with Gasteiger partial charge in [-0.25, -0.2) is 4.68 Å². The fraction of sp³-hybridized carbons (Fsp3) is 0.722. The summed E-state index contributed by atoms with van der Waals surface area (Å²) in [5.41, 5.74) is 0.919. The van der Waals surface area contributed by atoms with E-state index in [-0.39, 0.29) is 23.8 Å². The highest BCUT2D eigenvalue weighted by atomic mass is 16.2. The number of nitrogens with zero attached hydrogens (tertiary/aromatic N) is 3. The Labute approximate surface area is 143 Å². The van der Waals surface area contributed by atoms with Gasteiger partial charge >= 0.3 is 0 Å². The van der Waals surface area contributed by atoms with Gasteiger partial charge in [-0.3, -0.25) is 9.59 Å². The molecule has 0 spiro atoms. The van der Waals surface area contributed by atoms with E-state index in [4.69, 9.17) is 0 Å². The van der Waals surface area contributed by atoms with E-state index in [1.165, 1.54) is 19.3 Å². The van der Waals surface area contributed by atoms with Crippen LogP contribution in [0.3, 0.4) is 0 Å². The van der Waals surface area contributed by atoms with Crippen molar-refractivity contribution >= 4 is 17.6 Å². The molecule has 2 aliphatic rings. The van der Waals surface area contributed by atoms with Gasteiger partial charge in [0.1, 0.15) is 5.82 Å². The molecule has 1 saturated heterocycles. The van der Waals surface area contributed by atoms with Gasteiger partial charge in [0, 0.05) is 25.1 Å². The van der Waals surface area contributed by atoms with Crippen LogP contribution in [0.5, 0.6) is 0 Å². The lowest BCUT2D eigenvalue weighted by Crippen LogP contribution is -2.33. The number of amides is 2. The first-order valence-corrected chi connectivity index (χ1v) is 9.12. The molecule has 1 saturated carbocycles. The lowest BCUT2D eigenvalue weighted by Gasteiger charge is -2.24. The van der Waals surface area contributed by atoms with E-state index in [1.54, 1.807) is 4.90 Å². The zero-order valence-corrected chi connectivity index (χ0v) is 14.9. The topological polar surface area (TPSA) is 67.2 Å². The molecule has 2 heterocycles. The Kier molecular flexibility index (Phi) is 4.92. The van der Waals surface area contributed by atoms with Gasteiger partial charge in [-0.05, 0) is 33.6 Å². The van der Waals surface area contributed by atoms with Crippen LogP contribution in [0.25, 0.3) is 0 Å². The van der Waals surface area contributed by atoms with Crippen molar-refractivity contribution < 1.29 is 9.59 Å². The molecule has 0 aromatic carbocycles. The molecule has 1 N–H and O–H groups in total. The monoisotopic (exact) mass is 332 g/mol. The van der Waals surface area contributed by atoms with Gasteiger partial charge in [-0.15, -0.1) is 0 Å². The van der Waals surface area contributed by atoms with Gasteiger partial charge in [-0.2, -0.15) is 5.10 Å². The van der Waals surface area contributed by atoms with Crippen LogP contribution in [-0.2, 0) is 9.59 Å². The van der Waals surface area contributed by atoms with Crippen LogP contribution in [0.15, 0.2) is 6.07 Å². The maximum Gasteiger partial charge on any atom is 0.230 e. The molecule has 1 aromatic rings. The van der Waals surface area contributed by atoms with Crippen molar-refractivity contribution in [1.82, 2.24) is 14.7 Å². The van der Waals surface area contributed by atoms with Crippen LogP contribution in [0.2, 0.25) is 0 Å². The van der Waals surface area contributed by atoms with Crippen LogP contribution in [-0.4, -0.2) is 39.1 Å². The Balaban J connectivity index is 1.70. The molecule has 2 amide bonds. The normalized spacial score (nSPS) is 22.4. The number of hydrogen-bond donors (Lipinski definition) is 1. The van der Waals surface area contributed by atoms with E-state index in [9.17, 15) is 9.59 Å². The summed E-state index contributed by atoms with van der Waals surface area (Å²) >= 11 is 0. The van der Waals surface area contributed by atoms with Crippen molar-refractivity contribution in [3.8, 4) is 0 Å². The van der Waals surface area contributed by atoms with E-state index in [0.29, 0.717) is 19.0 Å². The van der Waals surface area contributed by atoms with E-state index in [1.807, 2.05) is 31.5 Å². The number of carbonyl (C=O) groups excluding carboxylic acids is 2. The van der Waals surface area contributed by atoms with E-state index < -0.39 is 0 Å². The van der Waals surface area contributed by atoms with E-state index in [2.05, 4.69) is 10.4 Å². The third-order valence-electron chi connectivity index (χ3n) is 5.18. The zero-order chi connectivity index (χ0) is 17.3. The van der Waals surface area contributed by atoms with Crippen molar-refractivity contribution in [2.45, 2.75) is 71.4 Å². The molecule has 132 valence electrons. The third-order valence-corrected chi connectivity index (χ3v) is 5.18. The molecule has 3 rings (SSSR count). The van der Waals surface area contributed by atoms with Crippen molar-refractivity contribution in [1.29, 1.82) is 0 Å². The highest BCUT2D eigenvalue weighted by Crippen LogP contribution is 2.31. The third kappa shape index (κ3) is 3.47. The van der Waals surface area contributed by atoms with Gasteiger partial charge in [0.05, 0.1) is 17.7 Å².